The number of carbonyl (C=O) groups excluding carboxylic acids is 3. The second-order valence-corrected chi connectivity index (χ2v) is 9.83. The van der Waals surface area contributed by atoms with Crippen molar-refractivity contribution in [2.75, 3.05) is 0 Å². The average Bonchev–Trinajstić information content (AvgIpc) is 3.02. The van der Waals surface area contributed by atoms with Crippen molar-refractivity contribution in [3.05, 3.63) is 12.2 Å². The van der Waals surface area contributed by atoms with Crippen LogP contribution < -0.4 is 0 Å². The normalized spacial score (nSPS) is 21.0. The molecule has 2 unspecified atom stereocenters. The molecule has 196 valence electrons. The lowest BCUT2D eigenvalue weighted by atomic mass is 9.86. The van der Waals surface area contributed by atoms with Gasteiger partial charge in [0.15, 0.2) is 0 Å². The molecule has 7 heteroatoms. The van der Waals surface area contributed by atoms with E-state index in [1.165, 1.54) is 0 Å². The Bertz CT molecular complexity index is 659. The molecule has 1 saturated carbocycles. The summed E-state index contributed by atoms with van der Waals surface area (Å²) in [5, 5.41) is 10.3. The highest BCUT2D eigenvalue weighted by Gasteiger charge is 2.43. The fourth-order valence-electron chi connectivity index (χ4n) is 4.50. The van der Waals surface area contributed by atoms with Gasteiger partial charge in [0.05, 0.1) is 12.2 Å². The molecular weight excluding hydrogens is 442 g/mol. The first-order chi connectivity index (χ1) is 16.1. The number of Topliss-reactive ketones (excluding diaryl/α,β-unsaturated/α-hetero) is 2. The molecule has 0 aromatic rings. The van der Waals surface area contributed by atoms with Crippen molar-refractivity contribution >= 4 is 17.5 Å². The summed E-state index contributed by atoms with van der Waals surface area (Å²) in [6.07, 6.45) is 9.41. The summed E-state index contributed by atoms with van der Waals surface area (Å²) in [5.41, 5.74) is 0. The van der Waals surface area contributed by atoms with Gasteiger partial charge >= 0.3 is 11.9 Å². The van der Waals surface area contributed by atoms with Gasteiger partial charge in [0.25, 0.3) is 0 Å². The Kier molecular flexibility index (Phi) is 14.4. The monoisotopic (exact) mass is 486 g/mol. The quantitative estimate of drug-likeness (QED) is 0.139. The number of ether oxygens (including phenoxy) is 1. The van der Waals surface area contributed by atoms with Crippen LogP contribution in [0.4, 0.5) is 8.78 Å². The van der Waals surface area contributed by atoms with Crippen molar-refractivity contribution < 1.29 is 33.0 Å². The maximum atomic E-state index is 14.1. The number of alkyl halides is 2. The van der Waals surface area contributed by atoms with E-state index >= 15 is 0 Å². The lowest BCUT2D eigenvalue weighted by Crippen LogP contribution is -2.30. The third-order valence-corrected chi connectivity index (χ3v) is 6.47. The van der Waals surface area contributed by atoms with Crippen LogP contribution >= 0.6 is 0 Å². The largest absolute Gasteiger partial charge is 0.463 e. The Hall–Kier alpha value is -1.63. The van der Waals surface area contributed by atoms with E-state index in [1.807, 2.05) is 32.9 Å². The van der Waals surface area contributed by atoms with Gasteiger partial charge in [0.2, 0.25) is 5.78 Å². The third-order valence-electron chi connectivity index (χ3n) is 6.47. The molecule has 1 N–H and O–H groups in total. The van der Waals surface area contributed by atoms with Gasteiger partial charge in [0, 0.05) is 31.6 Å². The van der Waals surface area contributed by atoms with Gasteiger partial charge in [-0.3, -0.25) is 14.4 Å². The molecule has 3 atom stereocenters. The molecule has 0 aromatic carbocycles. The highest BCUT2D eigenvalue weighted by atomic mass is 19.3. The first-order valence-corrected chi connectivity index (χ1v) is 13.0. The molecule has 0 aromatic heterocycles. The van der Waals surface area contributed by atoms with E-state index < -0.39 is 36.1 Å². The lowest BCUT2D eigenvalue weighted by molar-refractivity contribution is -0.147. The second-order valence-electron chi connectivity index (χ2n) is 9.83. The van der Waals surface area contributed by atoms with Crippen molar-refractivity contribution in [1.29, 1.82) is 0 Å². The van der Waals surface area contributed by atoms with E-state index in [0.717, 1.165) is 38.5 Å². The SMILES string of the molecule is CCCCCCC(F)(F)C(=O)CC[C@H]1C(O)CC(=O)C1C/C=C\CCCCCC(=O)OC(C)C. The molecule has 0 bridgehead atoms. The topological polar surface area (TPSA) is 80.7 Å². The highest BCUT2D eigenvalue weighted by Crippen LogP contribution is 2.36. The predicted octanol–water partition coefficient (Wildman–Crippen LogP) is 6.36. The number of allylic oxidation sites excluding steroid dienone is 2. The van der Waals surface area contributed by atoms with Gasteiger partial charge in [-0.2, -0.15) is 8.78 Å². The van der Waals surface area contributed by atoms with Crippen molar-refractivity contribution in [2.24, 2.45) is 11.8 Å². The molecule has 0 amide bonds. The smallest absolute Gasteiger partial charge is 0.306 e. The highest BCUT2D eigenvalue weighted by molar-refractivity contribution is 5.86. The van der Waals surface area contributed by atoms with Gasteiger partial charge < -0.3 is 9.84 Å². The molecular formula is C27H44F2O5. The molecule has 34 heavy (non-hydrogen) atoms. The van der Waals surface area contributed by atoms with E-state index in [4.69, 9.17) is 4.74 Å². The first kappa shape index (κ1) is 30.4. The molecule has 0 radical (unpaired) electrons. The van der Waals surface area contributed by atoms with Gasteiger partial charge in [0.1, 0.15) is 5.78 Å². The number of esters is 1. The zero-order chi connectivity index (χ0) is 25.6. The number of aliphatic hydroxyl groups is 1. The summed E-state index contributed by atoms with van der Waals surface area (Å²) in [6.45, 7) is 5.65. The van der Waals surface area contributed by atoms with Crippen LogP contribution in [0.2, 0.25) is 0 Å². The molecule has 1 aliphatic carbocycles. The molecule has 0 aliphatic heterocycles. The van der Waals surface area contributed by atoms with E-state index in [1.54, 1.807) is 0 Å². The van der Waals surface area contributed by atoms with E-state index in [2.05, 4.69) is 0 Å². The lowest BCUT2D eigenvalue weighted by Gasteiger charge is -2.21. The Morgan fingerprint density at radius 2 is 1.79 bits per heavy atom. The van der Waals surface area contributed by atoms with E-state index in [0.29, 0.717) is 25.7 Å². The Morgan fingerprint density at radius 3 is 2.47 bits per heavy atom. The molecule has 1 aliphatic rings. The first-order valence-electron chi connectivity index (χ1n) is 13.0. The molecule has 0 spiro atoms. The van der Waals surface area contributed by atoms with Crippen molar-refractivity contribution in [1.82, 2.24) is 0 Å². The summed E-state index contributed by atoms with van der Waals surface area (Å²) in [4.78, 5) is 35.9. The maximum Gasteiger partial charge on any atom is 0.306 e. The Morgan fingerprint density at radius 1 is 1.09 bits per heavy atom. The van der Waals surface area contributed by atoms with Gasteiger partial charge in [-0.05, 0) is 58.3 Å². The van der Waals surface area contributed by atoms with Crippen LogP contribution in [-0.2, 0) is 19.1 Å². The minimum absolute atomic E-state index is 0.0251. The van der Waals surface area contributed by atoms with Crippen molar-refractivity contribution in [3.8, 4) is 0 Å². The van der Waals surface area contributed by atoms with Gasteiger partial charge in [-0.25, -0.2) is 0 Å². The fraction of sp³-hybridized carbons (Fsp3) is 0.815. The summed E-state index contributed by atoms with van der Waals surface area (Å²) in [7, 11) is 0. The summed E-state index contributed by atoms with van der Waals surface area (Å²) in [5.74, 6) is -5.54. The van der Waals surface area contributed by atoms with Gasteiger partial charge in [-0.15, -0.1) is 0 Å². The number of carbonyl (C=O) groups is 3. The predicted molar refractivity (Wildman–Crippen MR) is 129 cm³/mol. The zero-order valence-electron chi connectivity index (χ0n) is 21.2. The number of hydrogen-bond acceptors (Lipinski definition) is 5. The van der Waals surface area contributed by atoms with Crippen molar-refractivity contribution in [3.63, 3.8) is 0 Å². The second kappa shape index (κ2) is 16.1. The number of ketones is 2. The third kappa shape index (κ3) is 11.7. The van der Waals surface area contributed by atoms with Crippen LogP contribution in [0, 0.1) is 11.8 Å². The fourth-order valence-corrected chi connectivity index (χ4v) is 4.50. The molecule has 1 fully saturated rings. The van der Waals surface area contributed by atoms with E-state index in [9.17, 15) is 28.3 Å². The molecule has 1 rings (SSSR count). The molecule has 5 nitrogen and oxygen atoms in total. The minimum atomic E-state index is -3.33. The Balaban J connectivity index is 2.38. The van der Waals surface area contributed by atoms with Crippen molar-refractivity contribution in [2.45, 2.75) is 129 Å². The van der Waals surface area contributed by atoms with Crippen LogP contribution in [-0.4, -0.2) is 40.8 Å². The zero-order valence-corrected chi connectivity index (χ0v) is 21.2. The van der Waals surface area contributed by atoms with Crippen LogP contribution in [0.25, 0.3) is 0 Å². The summed E-state index contributed by atoms with van der Waals surface area (Å²) in [6, 6.07) is 0. The van der Waals surface area contributed by atoms with Crippen LogP contribution in [0.5, 0.6) is 0 Å². The van der Waals surface area contributed by atoms with Crippen LogP contribution in [0.3, 0.4) is 0 Å². The standard InChI is InChI=1S/C27H44F2O5/c1-4-5-6-13-18-27(28,29)25(32)17-16-22-21(23(30)19-24(22)31)14-11-9-7-8-10-12-15-26(33)34-20(2)3/h9,11,20-22,24,31H,4-8,10,12-19H2,1-3H3/b11-9-/t21?,22-,24?/m1/s1. The number of unbranched alkanes of at least 4 members (excludes halogenated alkanes) is 6. The Labute approximate surface area is 203 Å². The molecule has 0 saturated heterocycles. The number of hydrogen-bond donors (Lipinski definition) is 1. The van der Waals surface area contributed by atoms with E-state index in [-0.39, 0.29) is 37.1 Å². The van der Waals surface area contributed by atoms with Gasteiger partial charge in [-0.1, -0.05) is 44.8 Å². The number of aliphatic hydroxyl groups excluding tert-OH is 1. The van der Waals surface area contributed by atoms with Crippen LogP contribution in [0.15, 0.2) is 12.2 Å². The number of halogens is 2. The molecule has 0 heterocycles. The van der Waals surface area contributed by atoms with Crippen LogP contribution in [0.1, 0.15) is 111 Å². The summed E-state index contributed by atoms with van der Waals surface area (Å²) < 4.78 is 33.4. The summed E-state index contributed by atoms with van der Waals surface area (Å²) >= 11 is 0. The average molecular weight is 487 g/mol. The number of rotatable bonds is 18. The maximum absolute atomic E-state index is 14.1. The minimum Gasteiger partial charge on any atom is -0.463 e.